The zero-order valence-electron chi connectivity index (χ0n) is 8.86. The van der Waals surface area contributed by atoms with Crippen LogP contribution in [-0.2, 0) is 0 Å². The van der Waals surface area contributed by atoms with Crippen molar-refractivity contribution in [3.8, 4) is 5.75 Å². The summed E-state index contributed by atoms with van der Waals surface area (Å²) in [7, 11) is 0. The van der Waals surface area contributed by atoms with Gasteiger partial charge in [-0.05, 0) is 30.0 Å². The Balaban J connectivity index is 2.41. The van der Waals surface area contributed by atoms with Gasteiger partial charge in [-0.3, -0.25) is 0 Å². The van der Waals surface area contributed by atoms with Crippen LogP contribution in [0.15, 0.2) is 36.4 Å². The number of rotatable bonds is 3. The lowest BCUT2D eigenvalue weighted by Crippen LogP contribution is -1.95. The van der Waals surface area contributed by atoms with E-state index in [1.165, 1.54) is 0 Å². The van der Waals surface area contributed by atoms with Crippen LogP contribution in [0.25, 0.3) is 10.8 Å². The number of fused-ring (bicyclic) bond motifs is 1. The van der Waals surface area contributed by atoms with Gasteiger partial charge in [0.05, 0.1) is 6.61 Å². The normalized spacial score (nSPS) is 10.5. The molecule has 0 aliphatic rings. The Kier molecular flexibility index (Phi) is 2.77. The van der Waals surface area contributed by atoms with E-state index in [1.54, 1.807) is 0 Å². The van der Waals surface area contributed by atoms with Gasteiger partial charge in [0.15, 0.2) is 0 Å². The van der Waals surface area contributed by atoms with Gasteiger partial charge in [0.25, 0.3) is 0 Å². The van der Waals surface area contributed by atoms with E-state index in [-0.39, 0.29) is 0 Å². The standard InChI is InChI=1S/C13H15NO/c1-2-8-15-11-7-6-10-4-3-5-13(14)12(10)9-11/h3-7,9H,2,8,14H2,1H3. The van der Waals surface area contributed by atoms with Gasteiger partial charge in [-0.2, -0.15) is 0 Å². The molecule has 0 aliphatic carbocycles. The molecule has 0 aromatic heterocycles. The summed E-state index contributed by atoms with van der Waals surface area (Å²) in [5.74, 6) is 0.891. The Morgan fingerprint density at radius 2 is 2.07 bits per heavy atom. The topological polar surface area (TPSA) is 35.2 Å². The van der Waals surface area contributed by atoms with E-state index >= 15 is 0 Å². The molecule has 2 aromatic carbocycles. The van der Waals surface area contributed by atoms with Crippen LogP contribution in [0, 0.1) is 0 Å². The summed E-state index contributed by atoms with van der Waals surface area (Å²) in [5, 5.41) is 2.21. The molecule has 2 N–H and O–H groups in total. The van der Waals surface area contributed by atoms with Crippen LogP contribution in [0.5, 0.6) is 5.75 Å². The molecule has 0 atom stereocenters. The fourth-order valence-electron chi connectivity index (χ4n) is 1.59. The quantitative estimate of drug-likeness (QED) is 0.774. The van der Waals surface area contributed by atoms with Crippen molar-refractivity contribution in [3.63, 3.8) is 0 Å². The highest BCUT2D eigenvalue weighted by atomic mass is 16.5. The van der Waals surface area contributed by atoms with E-state index in [1.807, 2.05) is 30.3 Å². The number of ether oxygens (including phenoxy) is 1. The Morgan fingerprint density at radius 1 is 1.20 bits per heavy atom. The van der Waals surface area contributed by atoms with Crippen molar-refractivity contribution >= 4 is 16.5 Å². The summed E-state index contributed by atoms with van der Waals surface area (Å²) in [6.07, 6.45) is 1.02. The molecule has 0 radical (unpaired) electrons. The Labute approximate surface area is 89.7 Å². The molecule has 78 valence electrons. The molecule has 0 spiro atoms. The maximum Gasteiger partial charge on any atom is 0.120 e. The second kappa shape index (κ2) is 4.22. The van der Waals surface area contributed by atoms with Gasteiger partial charge in [0.1, 0.15) is 5.75 Å². The highest BCUT2D eigenvalue weighted by molar-refractivity contribution is 5.93. The first kappa shape index (κ1) is 9.84. The van der Waals surface area contributed by atoms with Crippen molar-refractivity contribution in [2.45, 2.75) is 13.3 Å². The fraction of sp³-hybridized carbons (Fsp3) is 0.231. The van der Waals surface area contributed by atoms with Crippen LogP contribution in [0.4, 0.5) is 5.69 Å². The second-order valence-corrected chi connectivity index (χ2v) is 3.58. The fourth-order valence-corrected chi connectivity index (χ4v) is 1.59. The smallest absolute Gasteiger partial charge is 0.120 e. The predicted molar refractivity (Wildman–Crippen MR) is 64.1 cm³/mol. The summed E-state index contributed by atoms with van der Waals surface area (Å²) >= 11 is 0. The van der Waals surface area contributed by atoms with Gasteiger partial charge in [0, 0.05) is 11.1 Å². The number of benzene rings is 2. The maximum absolute atomic E-state index is 5.90. The van der Waals surface area contributed by atoms with Crippen LogP contribution >= 0.6 is 0 Å². The van der Waals surface area contributed by atoms with Crippen LogP contribution in [0.2, 0.25) is 0 Å². The lowest BCUT2D eigenvalue weighted by molar-refractivity contribution is 0.318. The lowest BCUT2D eigenvalue weighted by atomic mass is 10.1. The summed E-state index contributed by atoms with van der Waals surface area (Å²) in [4.78, 5) is 0. The molecular formula is C13H15NO. The third-order valence-corrected chi connectivity index (χ3v) is 2.36. The van der Waals surface area contributed by atoms with Crippen molar-refractivity contribution in [1.82, 2.24) is 0 Å². The largest absolute Gasteiger partial charge is 0.494 e. The van der Waals surface area contributed by atoms with Crippen LogP contribution in [0.1, 0.15) is 13.3 Å². The zero-order valence-corrected chi connectivity index (χ0v) is 8.86. The summed E-state index contributed by atoms with van der Waals surface area (Å²) < 4.78 is 5.56. The number of nitrogens with two attached hydrogens (primary N) is 1. The van der Waals surface area contributed by atoms with Crippen molar-refractivity contribution in [3.05, 3.63) is 36.4 Å². The van der Waals surface area contributed by atoms with E-state index in [4.69, 9.17) is 10.5 Å². The molecule has 0 amide bonds. The van der Waals surface area contributed by atoms with E-state index < -0.39 is 0 Å². The Bertz CT molecular complexity index is 465. The van der Waals surface area contributed by atoms with Gasteiger partial charge in [-0.15, -0.1) is 0 Å². The van der Waals surface area contributed by atoms with E-state index in [9.17, 15) is 0 Å². The second-order valence-electron chi connectivity index (χ2n) is 3.58. The molecule has 2 rings (SSSR count). The first-order valence-electron chi connectivity index (χ1n) is 5.22. The van der Waals surface area contributed by atoms with Crippen molar-refractivity contribution in [2.24, 2.45) is 0 Å². The Morgan fingerprint density at radius 3 is 2.87 bits per heavy atom. The molecule has 0 saturated carbocycles. The molecule has 0 heterocycles. The van der Waals surface area contributed by atoms with Gasteiger partial charge in [-0.1, -0.05) is 25.1 Å². The van der Waals surface area contributed by atoms with Gasteiger partial charge >= 0.3 is 0 Å². The minimum Gasteiger partial charge on any atom is -0.494 e. The first-order chi connectivity index (χ1) is 7.31. The van der Waals surface area contributed by atoms with E-state index in [0.29, 0.717) is 0 Å². The average Bonchev–Trinajstić information content (AvgIpc) is 2.27. The molecule has 0 fully saturated rings. The molecule has 0 saturated heterocycles. The SMILES string of the molecule is CCCOc1ccc2cccc(N)c2c1. The molecule has 2 nitrogen and oxygen atoms in total. The number of anilines is 1. The predicted octanol–water partition coefficient (Wildman–Crippen LogP) is 3.21. The lowest BCUT2D eigenvalue weighted by Gasteiger charge is -2.07. The summed E-state index contributed by atoms with van der Waals surface area (Å²) in [5.41, 5.74) is 6.70. The van der Waals surface area contributed by atoms with Gasteiger partial charge in [-0.25, -0.2) is 0 Å². The van der Waals surface area contributed by atoms with Crippen molar-refractivity contribution in [1.29, 1.82) is 0 Å². The third-order valence-electron chi connectivity index (χ3n) is 2.36. The number of nitrogen functional groups attached to an aromatic ring is 1. The minimum absolute atomic E-state index is 0.748. The van der Waals surface area contributed by atoms with Crippen molar-refractivity contribution < 1.29 is 4.74 Å². The average molecular weight is 201 g/mol. The molecular weight excluding hydrogens is 186 g/mol. The summed E-state index contributed by atoms with van der Waals surface area (Å²) in [6.45, 7) is 2.84. The molecule has 0 aliphatic heterocycles. The molecule has 15 heavy (non-hydrogen) atoms. The Hall–Kier alpha value is -1.70. The zero-order chi connectivity index (χ0) is 10.7. The minimum atomic E-state index is 0.748. The summed E-state index contributed by atoms with van der Waals surface area (Å²) in [6, 6.07) is 11.9. The van der Waals surface area contributed by atoms with Crippen LogP contribution in [-0.4, -0.2) is 6.61 Å². The van der Waals surface area contributed by atoms with Crippen LogP contribution in [0.3, 0.4) is 0 Å². The first-order valence-corrected chi connectivity index (χ1v) is 5.22. The van der Waals surface area contributed by atoms with Gasteiger partial charge < -0.3 is 10.5 Å². The number of hydrogen-bond acceptors (Lipinski definition) is 2. The molecule has 0 bridgehead atoms. The molecule has 2 aromatic rings. The van der Waals surface area contributed by atoms with E-state index in [2.05, 4.69) is 13.0 Å². The highest BCUT2D eigenvalue weighted by Crippen LogP contribution is 2.25. The number of hydrogen-bond donors (Lipinski definition) is 1. The molecule has 2 heteroatoms. The molecule has 0 unspecified atom stereocenters. The van der Waals surface area contributed by atoms with Crippen LogP contribution < -0.4 is 10.5 Å². The monoisotopic (exact) mass is 201 g/mol. The van der Waals surface area contributed by atoms with Gasteiger partial charge in [0.2, 0.25) is 0 Å². The van der Waals surface area contributed by atoms with E-state index in [0.717, 1.165) is 35.2 Å². The van der Waals surface area contributed by atoms with Crippen molar-refractivity contribution in [2.75, 3.05) is 12.3 Å². The maximum atomic E-state index is 5.90. The third kappa shape index (κ3) is 2.04. The highest BCUT2D eigenvalue weighted by Gasteiger charge is 1.99.